The summed E-state index contributed by atoms with van der Waals surface area (Å²) < 4.78 is 0. The fourth-order valence-electron chi connectivity index (χ4n) is 4.63. The second-order valence-electron chi connectivity index (χ2n) is 8.24. The van der Waals surface area contributed by atoms with E-state index in [1.54, 1.807) is 0 Å². The van der Waals surface area contributed by atoms with E-state index in [0.717, 1.165) is 12.5 Å². The minimum Gasteiger partial charge on any atom is -0.326 e. The average molecular weight is 333 g/mol. The molecule has 2 aliphatic carbocycles. The molecule has 4 heteroatoms. The normalized spacial score (nSPS) is 34.0. The van der Waals surface area contributed by atoms with E-state index in [1.165, 1.54) is 90.1 Å². The van der Waals surface area contributed by atoms with Crippen LogP contribution in [0, 0.1) is 5.92 Å². The maximum absolute atomic E-state index is 5.88. The van der Waals surface area contributed by atoms with Crippen molar-refractivity contribution >= 4 is 6.01 Å². The van der Waals surface area contributed by atoms with Crippen LogP contribution in [0.25, 0.3) is 0 Å². The van der Waals surface area contributed by atoms with Crippen LogP contribution < -0.4 is 5.73 Å². The van der Waals surface area contributed by atoms with E-state index in [1.807, 2.05) is 0 Å². The van der Waals surface area contributed by atoms with Gasteiger partial charge in [-0.15, -0.1) is 0 Å². The zero-order chi connectivity index (χ0) is 16.6. The molecule has 3 heterocycles. The molecular formula is C20H36N4. The maximum Gasteiger partial charge on any atom is 0.0898 e. The van der Waals surface area contributed by atoms with Gasteiger partial charge in [-0.05, 0) is 57.5 Å². The predicted molar refractivity (Wildman–Crippen MR) is 101 cm³/mol. The zero-order valence-corrected chi connectivity index (χ0v) is 15.3. The highest BCUT2D eigenvalue weighted by Crippen LogP contribution is 2.25. The summed E-state index contributed by atoms with van der Waals surface area (Å²) in [7, 11) is 0. The van der Waals surface area contributed by atoms with Crippen molar-refractivity contribution in [3.05, 3.63) is 0 Å². The predicted octanol–water partition coefficient (Wildman–Crippen LogP) is 3.87. The molecule has 2 bridgehead atoms. The second-order valence-corrected chi connectivity index (χ2v) is 8.24. The standard InChI is InChI=1S/C13H22N2.C7H14N2/c1-3-7-12(8-4-1)14-11-15-13-9-5-2-6-10-13;8-7-5-9-3-1-6(7)2-4-9/h12-13H,1-10H2;6-7H,1-5,8H2. The van der Waals surface area contributed by atoms with Crippen molar-refractivity contribution in [2.75, 3.05) is 19.6 Å². The maximum atomic E-state index is 5.88. The van der Waals surface area contributed by atoms with Crippen molar-refractivity contribution < 1.29 is 0 Å². The lowest BCUT2D eigenvalue weighted by molar-refractivity contribution is 0.0896. The van der Waals surface area contributed by atoms with E-state index >= 15 is 0 Å². The second kappa shape index (κ2) is 9.70. The summed E-state index contributed by atoms with van der Waals surface area (Å²) in [4.78, 5) is 11.4. The molecule has 24 heavy (non-hydrogen) atoms. The Kier molecular flexibility index (Phi) is 7.31. The first-order valence-corrected chi connectivity index (χ1v) is 10.4. The van der Waals surface area contributed by atoms with E-state index in [4.69, 9.17) is 5.73 Å². The molecule has 5 aliphatic rings. The average Bonchev–Trinajstić information content (AvgIpc) is 2.65. The summed E-state index contributed by atoms with van der Waals surface area (Å²) in [6.45, 7) is 3.77. The van der Waals surface area contributed by atoms with E-state index in [-0.39, 0.29) is 0 Å². The third kappa shape index (κ3) is 5.68. The van der Waals surface area contributed by atoms with E-state index in [9.17, 15) is 0 Å². The van der Waals surface area contributed by atoms with Crippen LogP contribution in [-0.2, 0) is 0 Å². The largest absolute Gasteiger partial charge is 0.326 e. The van der Waals surface area contributed by atoms with Gasteiger partial charge in [0.05, 0.1) is 18.1 Å². The molecule has 0 radical (unpaired) electrons. The molecule has 5 fully saturated rings. The van der Waals surface area contributed by atoms with Crippen LogP contribution in [0.5, 0.6) is 0 Å². The van der Waals surface area contributed by atoms with E-state index < -0.39 is 0 Å². The summed E-state index contributed by atoms with van der Waals surface area (Å²) in [5, 5.41) is 0. The van der Waals surface area contributed by atoms with Crippen LogP contribution in [0.2, 0.25) is 0 Å². The molecule has 1 atom stereocenters. The van der Waals surface area contributed by atoms with Crippen LogP contribution >= 0.6 is 0 Å². The first-order chi connectivity index (χ1) is 11.8. The summed E-state index contributed by atoms with van der Waals surface area (Å²) in [6.07, 6.45) is 15.9. The Bertz CT molecular complexity index is 387. The number of piperidine rings is 3. The van der Waals surface area contributed by atoms with Crippen LogP contribution in [0.15, 0.2) is 9.98 Å². The van der Waals surface area contributed by atoms with Gasteiger partial charge in [0.2, 0.25) is 0 Å². The Hall–Kier alpha value is -0.700. The van der Waals surface area contributed by atoms with Gasteiger partial charge in [-0.3, -0.25) is 0 Å². The van der Waals surface area contributed by atoms with Gasteiger partial charge in [0.15, 0.2) is 0 Å². The molecule has 3 saturated heterocycles. The Labute approximate surface area is 148 Å². The third-order valence-corrected chi connectivity index (χ3v) is 6.34. The van der Waals surface area contributed by atoms with Gasteiger partial charge in [0.25, 0.3) is 0 Å². The molecule has 1 unspecified atom stereocenters. The highest BCUT2D eigenvalue weighted by molar-refractivity contribution is 5.42. The van der Waals surface area contributed by atoms with Gasteiger partial charge in [-0.1, -0.05) is 38.5 Å². The number of hydrogen-bond donors (Lipinski definition) is 1. The third-order valence-electron chi connectivity index (χ3n) is 6.34. The smallest absolute Gasteiger partial charge is 0.0898 e. The number of nitrogens with two attached hydrogens (primary N) is 1. The monoisotopic (exact) mass is 332 g/mol. The minimum absolute atomic E-state index is 0.493. The van der Waals surface area contributed by atoms with Gasteiger partial charge in [-0.2, -0.15) is 0 Å². The fourth-order valence-corrected chi connectivity index (χ4v) is 4.63. The van der Waals surface area contributed by atoms with Crippen molar-refractivity contribution in [1.29, 1.82) is 0 Å². The molecule has 2 N–H and O–H groups in total. The number of aliphatic imine (C=N–C) groups is 2. The lowest BCUT2D eigenvalue weighted by Crippen LogP contribution is -2.54. The van der Waals surface area contributed by atoms with Crippen molar-refractivity contribution in [3.8, 4) is 0 Å². The highest BCUT2D eigenvalue weighted by Gasteiger charge is 2.31. The zero-order valence-electron chi connectivity index (χ0n) is 15.3. The first-order valence-electron chi connectivity index (χ1n) is 10.4. The molecule has 0 spiro atoms. The van der Waals surface area contributed by atoms with Crippen LogP contribution in [0.3, 0.4) is 0 Å². The summed E-state index contributed by atoms with van der Waals surface area (Å²) in [5.41, 5.74) is 5.88. The van der Waals surface area contributed by atoms with E-state index in [2.05, 4.69) is 20.9 Å². The Morgan fingerprint density at radius 1 is 0.708 bits per heavy atom. The molecule has 0 aromatic rings. The van der Waals surface area contributed by atoms with E-state index in [0.29, 0.717) is 18.1 Å². The van der Waals surface area contributed by atoms with Gasteiger partial charge in [-0.25, -0.2) is 9.98 Å². The Morgan fingerprint density at radius 3 is 1.54 bits per heavy atom. The molecule has 136 valence electrons. The summed E-state index contributed by atoms with van der Waals surface area (Å²) >= 11 is 0. The van der Waals surface area contributed by atoms with Crippen molar-refractivity contribution in [2.45, 2.75) is 95.2 Å². The molecule has 4 nitrogen and oxygen atoms in total. The quantitative estimate of drug-likeness (QED) is 0.781. The molecule has 2 saturated carbocycles. The fraction of sp³-hybridized carbons (Fsp3) is 0.950. The molecule has 3 aliphatic heterocycles. The van der Waals surface area contributed by atoms with Crippen LogP contribution in [-0.4, -0.2) is 48.7 Å². The van der Waals surface area contributed by atoms with Crippen molar-refractivity contribution in [2.24, 2.45) is 21.6 Å². The van der Waals surface area contributed by atoms with Gasteiger partial charge >= 0.3 is 0 Å². The minimum atomic E-state index is 0.493. The van der Waals surface area contributed by atoms with Crippen LogP contribution in [0.4, 0.5) is 0 Å². The van der Waals surface area contributed by atoms with Crippen LogP contribution in [0.1, 0.15) is 77.0 Å². The SMILES string of the molecule is C(=NC1CCCCC1)=NC1CCCCC1.NC1CN2CCC1CC2. The molecule has 0 aromatic heterocycles. The number of nitrogens with zero attached hydrogens (tertiary/aromatic N) is 3. The lowest BCUT2D eigenvalue weighted by atomic mass is 9.85. The van der Waals surface area contributed by atoms with Gasteiger partial charge in [0, 0.05) is 12.6 Å². The first kappa shape index (κ1) is 18.1. The highest BCUT2D eigenvalue weighted by atomic mass is 15.2. The Balaban J connectivity index is 0.000000159. The van der Waals surface area contributed by atoms with Crippen molar-refractivity contribution in [1.82, 2.24) is 4.90 Å². The molecule has 0 amide bonds. The van der Waals surface area contributed by atoms with Gasteiger partial charge < -0.3 is 10.6 Å². The molecule has 5 rings (SSSR count). The number of hydrogen-bond acceptors (Lipinski definition) is 4. The van der Waals surface area contributed by atoms with Crippen molar-refractivity contribution in [3.63, 3.8) is 0 Å². The molecule has 0 aromatic carbocycles. The summed E-state index contributed by atoms with van der Waals surface area (Å²) in [6, 6.07) is 4.53. The summed E-state index contributed by atoms with van der Waals surface area (Å²) in [5.74, 6) is 0.856. The topological polar surface area (TPSA) is 54.0 Å². The lowest BCUT2D eigenvalue weighted by Gasteiger charge is -2.43. The Morgan fingerprint density at radius 2 is 1.21 bits per heavy atom. The van der Waals surface area contributed by atoms with Gasteiger partial charge in [0.1, 0.15) is 0 Å². The molecular weight excluding hydrogens is 296 g/mol. The number of rotatable bonds is 2. The number of fused-ring (bicyclic) bond motifs is 3.